The van der Waals surface area contributed by atoms with Crippen LogP contribution < -0.4 is 5.73 Å². The van der Waals surface area contributed by atoms with Gasteiger partial charge in [-0.2, -0.15) is 0 Å². The van der Waals surface area contributed by atoms with Crippen molar-refractivity contribution in [3.63, 3.8) is 0 Å². The number of benzene rings is 1. The van der Waals surface area contributed by atoms with E-state index in [0.717, 1.165) is 22.0 Å². The summed E-state index contributed by atoms with van der Waals surface area (Å²) in [5, 5.41) is 2.14. The van der Waals surface area contributed by atoms with Gasteiger partial charge in [0.1, 0.15) is 11.5 Å². The lowest BCUT2D eigenvalue weighted by atomic mass is 10.1. The Hall–Kier alpha value is -2.80. The van der Waals surface area contributed by atoms with Crippen molar-refractivity contribution in [3.05, 3.63) is 43.0 Å². The molecule has 0 saturated carbocycles. The van der Waals surface area contributed by atoms with Gasteiger partial charge in [0.25, 0.3) is 0 Å². The Balaban J connectivity index is 2.23. The van der Waals surface area contributed by atoms with E-state index in [-0.39, 0.29) is 0 Å². The Kier molecular flexibility index (Phi) is 2.66. The smallest absolute Gasteiger partial charge is 0.132 e. The van der Waals surface area contributed by atoms with Gasteiger partial charge in [-0.05, 0) is 5.39 Å². The lowest BCUT2D eigenvalue weighted by Gasteiger charge is -2.05. The Morgan fingerprint density at radius 2 is 2.11 bits per heavy atom. The minimum atomic E-state index is 0.414. The number of nitrogen functional groups attached to an aromatic ring is 1. The summed E-state index contributed by atoms with van der Waals surface area (Å²) in [5.41, 5.74) is 7.73. The first kappa shape index (κ1) is 11.3. The van der Waals surface area contributed by atoms with Crippen molar-refractivity contribution in [1.82, 2.24) is 14.5 Å². The molecule has 3 aromatic rings. The van der Waals surface area contributed by atoms with Crippen molar-refractivity contribution in [1.29, 1.82) is 0 Å². The van der Waals surface area contributed by atoms with Crippen LogP contribution in [0.1, 0.15) is 0 Å². The molecule has 19 heavy (non-hydrogen) atoms. The molecule has 0 amide bonds. The molecule has 0 atom stereocenters. The van der Waals surface area contributed by atoms with Gasteiger partial charge in [-0.25, -0.2) is 4.98 Å². The number of hydrogen-bond donors (Lipinski definition) is 1. The second-order valence-corrected chi connectivity index (χ2v) is 4.22. The summed E-state index contributed by atoms with van der Waals surface area (Å²) >= 11 is 0. The maximum Gasteiger partial charge on any atom is 0.132 e. The van der Waals surface area contributed by atoms with Gasteiger partial charge in [-0.1, -0.05) is 30.2 Å². The second-order valence-electron chi connectivity index (χ2n) is 4.22. The first-order valence-corrected chi connectivity index (χ1v) is 5.88. The van der Waals surface area contributed by atoms with E-state index >= 15 is 0 Å². The van der Waals surface area contributed by atoms with E-state index in [1.54, 1.807) is 17.1 Å². The zero-order valence-corrected chi connectivity index (χ0v) is 10.2. The van der Waals surface area contributed by atoms with E-state index in [4.69, 9.17) is 12.2 Å². The molecular weight excluding hydrogens is 236 g/mol. The van der Waals surface area contributed by atoms with E-state index in [1.165, 1.54) is 0 Å². The molecule has 2 heterocycles. The number of terminal acetylenes is 1. The zero-order valence-electron chi connectivity index (χ0n) is 10.2. The van der Waals surface area contributed by atoms with E-state index in [1.807, 2.05) is 30.5 Å². The normalized spacial score (nSPS) is 10.5. The number of pyridine rings is 1. The molecule has 2 aromatic heterocycles. The topological polar surface area (TPSA) is 56.7 Å². The predicted molar refractivity (Wildman–Crippen MR) is 76.2 cm³/mol. The first-order valence-electron chi connectivity index (χ1n) is 5.88. The predicted octanol–water partition coefficient (Wildman–Crippen LogP) is 2.31. The lowest BCUT2D eigenvalue weighted by Crippen LogP contribution is -2.00. The van der Waals surface area contributed by atoms with Gasteiger partial charge in [0.05, 0.1) is 12.9 Å². The average Bonchev–Trinajstić information content (AvgIpc) is 2.80. The third-order valence-electron chi connectivity index (χ3n) is 3.06. The van der Waals surface area contributed by atoms with Gasteiger partial charge in [0, 0.05) is 23.3 Å². The van der Waals surface area contributed by atoms with Crippen LogP contribution in [0.25, 0.3) is 22.0 Å². The number of nitrogens with zero attached hydrogens (tertiary/aromatic N) is 3. The molecule has 0 spiro atoms. The van der Waals surface area contributed by atoms with Crippen LogP contribution in [0.15, 0.2) is 43.0 Å². The maximum atomic E-state index is 6.09. The highest BCUT2D eigenvalue weighted by molar-refractivity contribution is 5.96. The van der Waals surface area contributed by atoms with Gasteiger partial charge in [-0.15, -0.1) is 6.42 Å². The number of imidazole rings is 1. The molecule has 4 nitrogen and oxygen atoms in total. The monoisotopic (exact) mass is 248 g/mol. The van der Waals surface area contributed by atoms with Crippen LogP contribution in [0.5, 0.6) is 0 Å². The van der Waals surface area contributed by atoms with E-state index in [2.05, 4.69) is 15.9 Å². The molecule has 0 unspecified atom stereocenters. The first-order chi connectivity index (χ1) is 9.31. The van der Waals surface area contributed by atoms with E-state index in [0.29, 0.717) is 12.4 Å². The summed E-state index contributed by atoms with van der Waals surface area (Å²) in [6, 6.07) is 8.01. The van der Waals surface area contributed by atoms with Crippen LogP contribution in [0, 0.1) is 12.3 Å². The summed E-state index contributed by atoms with van der Waals surface area (Å²) in [6.45, 7) is 0.414. The van der Waals surface area contributed by atoms with Crippen LogP contribution in [0.2, 0.25) is 0 Å². The van der Waals surface area contributed by atoms with E-state index < -0.39 is 0 Å². The SMILES string of the molecule is C#CCn1cnc(-c2cncc3ccccc23)c1N. The molecule has 0 aliphatic carbocycles. The zero-order chi connectivity index (χ0) is 13.2. The molecule has 0 radical (unpaired) electrons. The third kappa shape index (κ3) is 1.81. The van der Waals surface area contributed by atoms with Crippen LogP contribution in [-0.2, 0) is 6.54 Å². The summed E-state index contributed by atoms with van der Waals surface area (Å²) in [7, 11) is 0. The summed E-state index contributed by atoms with van der Waals surface area (Å²) in [4.78, 5) is 8.60. The van der Waals surface area contributed by atoms with Gasteiger partial charge < -0.3 is 10.3 Å². The van der Waals surface area contributed by atoms with Crippen molar-refractivity contribution in [2.75, 3.05) is 5.73 Å². The molecule has 0 fully saturated rings. The Labute approximate surface area is 110 Å². The fourth-order valence-corrected chi connectivity index (χ4v) is 2.13. The highest BCUT2D eigenvalue weighted by atomic mass is 15.1. The summed E-state index contributed by atoms with van der Waals surface area (Å²) < 4.78 is 1.75. The molecule has 0 saturated heterocycles. The quantitative estimate of drug-likeness (QED) is 0.708. The molecule has 4 heteroatoms. The van der Waals surface area contributed by atoms with E-state index in [9.17, 15) is 0 Å². The molecule has 3 rings (SSSR count). The lowest BCUT2D eigenvalue weighted by molar-refractivity contribution is 0.852. The van der Waals surface area contributed by atoms with Crippen LogP contribution >= 0.6 is 0 Å². The molecule has 2 N–H and O–H groups in total. The largest absolute Gasteiger partial charge is 0.383 e. The number of fused-ring (bicyclic) bond motifs is 1. The molecule has 0 aliphatic heterocycles. The van der Waals surface area contributed by atoms with Crippen molar-refractivity contribution < 1.29 is 0 Å². The Bertz CT molecular complexity index is 775. The van der Waals surface area contributed by atoms with Crippen LogP contribution in [0.4, 0.5) is 5.82 Å². The molecule has 92 valence electrons. The van der Waals surface area contributed by atoms with Gasteiger partial charge in [0.15, 0.2) is 0 Å². The Morgan fingerprint density at radius 1 is 1.26 bits per heavy atom. The number of aromatic nitrogens is 3. The van der Waals surface area contributed by atoms with Crippen molar-refractivity contribution >= 4 is 16.6 Å². The standard InChI is InChI=1S/C15H12N4/c1-2-7-19-10-18-14(15(19)16)13-9-17-8-11-5-3-4-6-12(11)13/h1,3-6,8-10H,7,16H2. The average molecular weight is 248 g/mol. The fraction of sp³-hybridized carbons (Fsp3) is 0.0667. The van der Waals surface area contributed by atoms with Gasteiger partial charge in [-0.3, -0.25) is 4.98 Å². The second kappa shape index (κ2) is 4.46. The summed E-state index contributed by atoms with van der Waals surface area (Å²) in [6.07, 6.45) is 10.6. The van der Waals surface area contributed by atoms with Crippen molar-refractivity contribution in [2.45, 2.75) is 6.54 Å². The number of nitrogens with two attached hydrogens (primary N) is 1. The van der Waals surface area contributed by atoms with Crippen molar-refractivity contribution in [3.8, 4) is 23.6 Å². The van der Waals surface area contributed by atoms with Crippen LogP contribution in [0.3, 0.4) is 0 Å². The highest BCUT2D eigenvalue weighted by Gasteiger charge is 2.12. The number of anilines is 1. The minimum Gasteiger partial charge on any atom is -0.383 e. The summed E-state index contributed by atoms with van der Waals surface area (Å²) in [5.74, 6) is 3.12. The minimum absolute atomic E-state index is 0.414. The highest BCUT2D eigenvalue weighted by Crippen LogP contribution is 2.30. The van der Waals surface area contributed by atoms with Gasteiger partial charge in [0.2, 0.25) is 0 Å². The molecule has 0 aliphatic rings. The van der Waals surface area contributed by atoms with Crippen molar-refractivity contribution in [2.24, 2.45) is 0 Å². The third-order valence-corrected chi connectivity index (χ3v) is 3.06. The Morgan fingerprint density at radius 3 is 2.95 bits per heavy atom. The fourth-order valence-electron chi connectivity index (χ4n) is 2.13. The molecule has 1 aromatic carbocycles. The molecule has 0 bridgehead atoms. The number of rotatable bonds is 2. The number of hydrogen-bond acceptors (Lipinski definition) is 3. The molecular formula is C15H12N4. The van der Waals surface area contributed by atoms with Gasteiger partial charge >= 0.3 is 0 Å². The van der Waals surface area contributed by atoms with Crippen LogP contribution in [-0.4, -0.2) is 14.5 Å². The maximum absolute atomic E-state index is 6.09.